The lowest BCUT2D eigenvalue weighted by molar-refractivity contribution is -0.143. The zero-order valence-corrected chi connectivity index (χ0v) is 20.4. The van der Waals surface area contributed by atoms with Crippen molar-refractivity contribution in [2.45, 2.75) is 52.0 Å². The van der Waals surface area contributed by atoms with E-state index in [-0.39, 0.29) is 30.1 Å². The van der Waals surface area contributed by atoms with Gasteiger partial charge in [0.2, 0.25) is 11.9 Å². The first-order valence-corrected chi connectivity index (χ1v) is 12.6. The van der Waals surface area contributed by atoms with Crippen LogP contribution in [-0.4, -0.2) is 41.0 Å². The number of rotatable bonds is 8. The smallest absolute Gasteiger partial charge is 0.307 e. The van der Waals surface area contributed by atoms with Crippen molar-refractivity contribution < 1.29 is 19.1 Å². The number of esters is 1. The highest BCUT2D eigenvalue weighted by Gasteiger charge is 2.25. The normalized spacial score (nSPS) is 14.2. The third-order valence-electron chi connectivity index (χ3n) is 6.22. The first-order chi connectivity index (χ1) is 16.5. The molecule has 0 bridgehead atoms. The van der Waals surface area contributed by atoms with Crippen LogP contribution in [0, 0.1) is 5.92 Å². The highest BCUT2D eigenvalue weighted by atomic mass is 32.1. The van der Waals surface area contributed by atoms with Gasteiger partial charge in [-0.3, -0.25) is 19.7 Å². The van der Waals surface area contributed by atoms with Crippen LogP contribution in [0.4, 0.5) is 11.6 Å². The van der Waals surface area contributed by atoms with Crippen molar-refractivity contribution >= 4 is 51.8 Å². The van der Waals surface area contributed by atoms with E-state index in [9.17, 15) is 14.4 Å². The number of ether oxygens (including phenoxy) is 1. The van der Waals surface area contributed by atoms with Gasteiger partial charge in [-0.1, -0.05) is 25.3 Å². The summed E-state index contributed by atoms with van der Waals surface area (Å²) in [5.74, 6) is -0.0315. The van der Waals surface area contributed by atoms with Crippen LogP contribution >= 0.6 is 11.3 Å². The number of fused-ring (bicyclic) bond motifs is 1. The average Bonchev–Trinajstić information content (AvgIpc) is 3.50. The van der Waals surface area contributed by atoms with Gasteiger partial charge in [0.05, 0.1) is 28.9 Å². The average molecular weight is 483 g/mol. The number of nitrogens with one attached hydrogen (secondary N) is 1. The minimum Gasteiger partial charge on any atom is -0.466 e. The van der Waals surface area contributed by atoms with Crippen LogP contribution in [0.15, 0.2) is 35.7 Å². The SMILES string of the molecule is CCOC(=O)CCn1c(NC(=O)c2cccs2)nc2ccc(N(C)C(=O)C3CCCCC3)cc21. The number of hydrogen-bond donors (Lipinski definition) is 1. The zero-order valence-electron chi connectivity index (χ0n) is 19.6. The fourth-order valence-corrected chi connectivity index (χ4v) is 5.02. The van der Waals surface area contributed by atoms with E-state index in [0.717, 1.165) is 36.9 Å². The van der Waals surface area contributed by atoms with Crippen molar-refractivity contribution in [2.24, 2.45) is 5.92 Å². The molecule has 1 aromatic carbocycles. The maximum Gasteiger partial charge on any atom is 0.307 e. The molecule has 1 N–H and O–H groups in total. The lowest BCUT2D eigenvalue weighted by Crippen LogP contribution is -2.33. The predicted octanol–water partition coefficient (Wildman–Crippen LogP) is 4.85. The molecule has 0 atom stereocenters. The van der Waals surface area contributed by atoms with E-state index in [0.29, 0.717) is 29.5 Å². The van der Waals surface area contributed by atoms with Gasteiger partial charge in [-0.05, 0) is 49.4 Å². The number of carbonyl (C=O) groups is 3. The Bertz CT molecular complexity index is 1170. The van der Waals surface area contributed by atoms with E-state index in [2.05, 4.69) is 10.3 Å². The van der Waals surface area contributed by atoms with Crippen molar-refractivity contribution in [2.75, 3.05) is 23.9 Å². The molecule has 0 unspecified atom stereocenters. The molecule has 1 saturated carbocycles. The first kappa shape index (κ1) is 23.9. The number of benzene rings is 1. The fraction of sp³-hybridized carbons (Fsp3) is 0.440. The molecule has 0 spiro atoms. The largest absolute Gasteiger partial charge is 0.466 e. The number of thiophene rings is 1. The molecule has 3 aromatic rings. The van der Waals surface area contributed by atoms with Gasteiger partial charge in [0.15, 0.2) is 0 Å². The Morgan fingerprint density at radius 2 is 2.00 bits per heavy atom. The molecule has 2 aromatic heterocycles. The van der Waals surface area contributed by atoms with Crippen molar-refractivity contribution in [1.29, 1.82) is 0 Å². The topological polar surface area (TPSA) is 93.5 Å². The van der Waals surface area contributed by atoms with Gasteiger partial charge in [-0.15, -0.1) is 11.3 Å². The number of anilines is 2. The number of imidazole rings is 1. The second-order valence-electron chi connectivity index (χ2n) is 8.48. The maximum absolute atomic E-state index is 13.1. The molecule has 8 nitrogen and oxygen atoms in total. The second-order valence-corrected chi connectivity index (χ2v) is 9.43. The summed E-state index contributed by atoms with van der Waals surface area (Å²) in [5, 5.41) is 4.71. The van der Waals surface area contributed by atoms with E-state index in [4.69, 9.17) is 4.74 Å². The van der Waals surface area contributed by atoms with Gasteiger partial charge < -0.3 is 14.2 Å². The van der Waals surface area contributed by atoms with Crippen LogP contribution in [0.2, 0.25) is 0 Å². The first-order valence-electron chi connectivity index (χ1n) is 11.8. The molecular weight excluding hydrogens is 452 g/mol. The van der Waals surface area contributed by atoms with Crippen molar-refractivity contribution in [3.8, 4) is 0 Å². The van der Waals surface area contributed by atoms with Crippen LogP contribution in [0.25, 0.3) is 11.0 Å². The van der Waals surface area contributed by atoms with Crippen molar-refractivity contribution in [3.05, 3.63) is 40.6 Å². The molecule has 2 heterocycles. The third kappa shape index (κ3) is 5.30. The van der Waals surface area contributed by atoms with Gasteiger partial charge in [-0.2, -0.15) is 0 Å². The molecule has 1 aliphatic rings. The van der Waals surface area contributed by atoms with Gasteiger partial charge in [0, 0.05) is 25.2 Å². The van der Waals surface area contributed by atoms with Crippen molar-refractivity contribution in [3.63, 3.8) is 0 Å². The van der Waals surface area contributed by atoms with Gasteiger partial charge in [0.25, 0.3) is 5.91 Å². The second kappa shape index (κ2) is 10.8. The van der Waals surface area contributed by atoms with Gasteiger partial charge in [0.1, 0.15) is 0 Å². The molecule has 0 aliphatic heterocycles. The van der Waals surface area contributed by atoms with Gasteiger partial charge in [-0.25, -0.2) is 4.98 Å². The molecular formula is C25H30N4O4S. The summed E-state index contributed by atoms with van der Waals surface area (Å²) in [7, 11) is 1.80. The number of amides is 2. The lowest BCUT2D eigenvalue weighted by atomic mass is 9.88. The minimum absolute atomic E-state index is 0.0591. The molecule has 180 valence electrons. The number of carbonyl (C=O) groups excluding carboxylic acids is 3. The minimum atomic E-state index is -0.319. The molecule has 0 saturated heterocycles. The Morgan fingerprint density at radius 3 is 2.71 bits per heavy atom. The molecule has 0 radical (unpaired) electrons. The van der Waals surface area contributed by atoms with Crippen LogP contribution in [0.5, 0.6) is 0 Å². The molecule has 1 aliphatic carbocycles. The Balaban J connectivity index is 1.64. The van der Waals surface area contributed by atoms with Crippen molar-refractivity contribution in [1.82, 2.24) is 9.55 Å². The summed E-state index contributed by atoms with van der Waals surface area (Å²) in [6.07, 6.45) is 5.39. The summed E-state index contributed by atoms with van der Waals surface area (Å²) in [5.41, 5.74) is 2.18. The van der Waals surface area contributed by atoms with E-state index in [1.807, 2.05) is 29.6 Å². The van der Waals surface area contributed by atoms with Crippen LogP contribution < -0.4 is 10.2 Å². The highest BCUT2D eigenvalue weighted by Crippen LogP contribution is 2.30. The van der Waals surface area contributed by atoms with E-state index in [1.165, 1.54) is 17.8 Å². The van der Waals surface area contributed by atoms with E-state index < -0.39 is 0 Å². The quantitative estimate of drug-likeness (QED) is 0.464. The molecule has 1 fully saturated rings. The Morgan fingerprint density at radius 1 is 1.21 bits per heavy atom. The molecule has 4 rings (SSSR count). The Labute approximate surface area is 202 Å². The molecule has 9 heteroatoms. The summed E-state index contributed by atoms with van der Waals surface area (Å²) >= 11 is 1.34. The van der Waals surface area contributed by atoms with Crippen LogP contribution in [-0.2, 0) is 20.9 Å². The highest BCUT2D eigenvalue weighted by molar-refractivity contribution is 7.12. The summed E-state index contributed by atoms with van der Waals surface area (Å²) in [6.45, 7) is 2.37. The summed E-state index contributed by atoms with van der Waals surface area (Å²) < 4.78 is 6.89. The zero-order chi connectivity index (χ0) is 24.1. The number of aryl methyl sites for hydroxylation is 1. The monoisotopic (exact) mass is 482 g/mol. The van der Waals surface area contributed by atoms with E-state index in [1.54, 1.807) is 29.5 Å². The standard InChI is InChI=1S/C25H30N4O4S/c1-3-33-22(30)13-14-29-20-16-18(28(2)24(32)17-8-5-4-6-9-17)11-12-19(20)26-25(29)27-23(31)21-10-7-15-34-21/h7,10-12,15-17H,3-6,8-9,13-14H2,1-2H3,(H,26,27,31). The van der Waals surface area contributed by atoms with Crippen LogP contribution in [0.1, 0.15) is 55.1 Å². The third-order valence-corrected chi connectivity index (χ3v) is 7.09. The molecule has 2 amide bonds. The summed E-state index contributed by atoms with van der Waals surface area (Å²) in [6, 6.07) is 9.17. The number of aromatic nitrogens is 2. The van der Waals surface area contributed by atoms with Crippen LogP contribution in [0.3, 0.4) is 0 Å². The maximum atomic E-state index is 13.1. The van der Waals surface area contributed by atoms with E-state index >= 15 is 0 Å². The summed E-state index contributed by atoms with van der Waals surface area (Å²) in [4.78, 5) is 44.7. The fourth-order valence-electron chi connectivity index (χ4n) is 4.40. The molecule has 34 heavy (non-hydrogen) atoms. The number of nitrogens with zero attached hydrogens (tertiary/aromatic N) is 3. The Hall–Kier alpha value is -3.20. The lowest BCUT2D eigenvalue weighted by Gasteiger charge is -2.26. The van der Waals surface area contributed by atoms with Gasteiger partial charge >= 0.3 is 5.97 Å². The predicted molar refractivity (Wildman–Crippen MR) is 133 cm³/mol. The Kier molecular flexibility index (Phi) is 7.62. The number of hydrogen-bond acceptors (Lipinski definition) is 6.